The maximum atomic E-state index is 10.4. The lowest BCUT2D eigenvalue weighted by atomic mass is 10.0. The lowest BCUT2D eigenvalue weighted by molar-refractivity contribution is 0.219. The van der Waals surface area contributed by atoms with E-state index in [9.17, 15) is 5.11 Å². The molecule has 0 fully saturated rings. The van der Waals surface area contributed by atoms with Gasteiger partial charge < -0.3 is 5.11 Å². The van der Waals surface area contributed by atoms with E-state index in [1.165, 1.54) is 0 Å². The summed E-state index contributed by atoms with van der Waals surface area (Å²) >= 11 is 11.7. The molecule has 0 heterocycles. The lowest BCUT2D eigenvalue weighted by Gasteiger charge is -2.14. The van der Waals surface area contributed by atoms with Crippen LogP contribution in [0.5, 0.6) is 0 Å². The highest BCUT2D eigenvalue weighted by Gasteiger charge is 2.14. The normalized spacial score (nSPS) is 12.5. The first-order valence-electron chi connectivity index (χ1n) is 5.38. The molecule has 0 saturated carbocycles. The number of hydrogen-bond donors (Lipinski definition) is 1. The zero-order chi connectivity index (χ0) is 13.3. The van der Waals surface area contributed by atoms with Crippen molar-refractivity contribution in [2.75, 3.05) is 0 Å². The highest BCUT2D eigenvalue weighted by atomic mass is 127. The summed E-state index contributed by atoms with van der Waals surface area (Å²) in [6.07, 6.45) is -0.660. The maximum absolute atomic E-state index is 10.4. The van der Waals surface area contributed by atoms with Crippen LogP contribution in [0.4, 0.5) is 0 Å². The Morgan fingerprint density at radius 3 is 2.61 bits per heavy atom. The molecule has 18 heavy (non-hydrogen) atoms. The second-order valence-corrected chi connectivity index (χ2v) is 6.56. The van der Waals surface area contributed by atoms with Crippen LogP contribution in [0.3, 0.4) is 0 Å². The van der Waals surface area contributed by atoms with Crippen molar-refractivity contribution in [2.24, 2.45) is 0 Å². The number of rotatable bonds is 2. The van der Waals surface area contributed by atoms with Gasteiger partial charge in [0, 0.05) is 13.1 Å². The molecule has 0 bridgehead atoms. The van der Waals surface area contributed by atoms with E-state index in [0.29, 0.717) is 5.02 Å². The predicted molar refractivity (Wildman–Crippen MR) is 87.1 cm³/mol. The van der Waals surface area contributed by atoms with Crippen LogP contribution >= 0.6 is 50.1 Å². The molecule has 0 aromatic heterocycles. The number of halogens is 3. The molecule has 4 heteroatoms. The Balaban J connectivity index is 2.44. The van der Waals surface area contributed by atoms with Crippen molar-refractivity contribution in [2.45, 2.75) is 13.0 Å². The predicted octanol–water partition coefficient (Wildman–Crippen LogP) is 5.10. The van der Waals surface area contributed by atoms with Gasteiger partial charge in [-0.05, 0) is 70.5 Å². The van der Waals surface area contributed by atoms with Crippen LogP contribution in [0, 0.1) is 10.5 Å². The fourth-order valence-electron chi connectivity index (χ4n) is 1.68. The van der Waals surface area contributed by atoms with Gasteiger partial charge in [0.1, 0.15) is 6.10 Å². The first-order chi connectivity index (χ1) is 8.49. The second kappa shape index (κ2) is 5.90. The van der Waals surface area contributed by atoms with Crippen LogP contribution in [-0.2, 0) is 0 Å². The van der Waals surface area contributed by atoms with E-state index >= 15 is 0 Å². The Morgan fingerprint density at radius 1 is 1.22 bits per heavy atom. The molecule has 1 unspecified atom stereocenters. The second-order valence-electron chi connectivity index (χ2n) is 4.08. The van der Waals surface area contributed by atoms with Crippen LogP contribution in [0.1, 0.15) is 22.8 Å². The van der Waals surface area contributed by atoms with E-state index in [1.807, 2.05) is 43.3 Å². The fraction of sp³-hybridized carbons (Fsp3) is 0.143. The van der Waals surface area contributed by atoms with Gasteiger partial charge in [-0.1, -0.05) is 39.7 Å². The molecule has 2 aromatic carbocycles. The smallest absolute Gasteiger partial charge is 0.105 e. The van der Waals surface area contributed by atoms with E-state index in [2.05, 4.69) is 38.5 Å². The summed E-state index contributed by atoms with van der Waals surface area (Å²) in [5, 5.41) is 11.1. The number of aryl methyl sites for hydroxylation is 1. The van der Waals surface area contributed by atoms with Crippen molar-refractivity contribution in [1.82, 2.24) is 0 Å². The Morgan fingerprint density at radius 2 is 1.94 bits per heavy atom. The van der Waals surface area contributed by atoms with E-state index in [4.69, 9.17) is 11.6 Å². The van der Waals surface area contributed by atoms with Gasteiger partial charge in [-0.2, -0.15) is 0 Å². The Labute approximate surface area is 133 Å². The molecule has 0 amide bonds. The third kappa shape index (κ3) is 3.07. The van der Waals surface area contributed by atoms with Crippen molar-refractivity contribution in [3.05, 3.63) is 66.2 Å². The van der Waals surface area contributed by atoms with Gasteiger partial charge in [0.25, 0.3) is 0 Å². The van der Waals surface area contributed by atoms with E-state index in [0.717, 1.165) is 24.7 Å². The molecule has 2 aromatic rings. The molecule has 0 aliphatic heterocycles. The molecule has 0 saturated heterocycles. The van der Waals surface area contributed by atoms with Crippen LogP contribution in [0.2, 0.25) is 5.02 Å². The van der Waals surface area contributed by atoms with Crippen molar-refractivity contribution in [3.8, 4) is 0 Å². The summed E-state index contributed by atoms with van der Waals surface area (Å²) in [6, 6.07) is 11.5. The molecule has 2 rings (SSSR count). The maximum Gasteiger partial charge on any atom is 0.105 e. The summed E-state index contributed by atoms with van der Waals surface area (Å²) in [6.45, 7) is 1.95. The summed E-state index contributed by atoms with van der Waals surface area (Å²) in [4.78, 5) is 0. The third-order valence-corrected chi connectivity index (χ3v) is 4.65. The zero-order valence-electron chi connectivity index (χ0n) is 9.62. The lowest BCUT2D eigenvalue weighted by Crippen LogP contribution is -2.02. The van der Waals surface area contributed by atoms with E-state index < -0.39 is 6.10 Å². The number of aliphatic hydroxyl groups is 1. The van der Waals surface area contributed by atoms with Gasteiger partial charge >= 0.3 is 0 Å². The largest absolute Gasteiger partial charge is 0.384 e. The summed E-state index contributed by atoms with van der Waals surface area (Å²) < 4.78 is 1.98. The van der Waals surface area contributed by atoms with Gasteiger partial charge in [-0.25, -0.2) is 0 Å². The van der Waals surface area contributed by atoms with Crippen molar-refractivity contribution < 1.29 is 5.11 Å². The van der Waals surface area contributed by atoms with Gasteiger partial charge in [0.15, 0.2) is 0 Å². The molecule has 0 aliphatic carbocycles. The minimum atomic E-state index is -0.660. The molecule has 94 valence electrons. The molecule has 0 radical (unpaired) electrons. The summed E-state index contributed by atoms with van der Waals surface area (Å²) in [5.74, 6) is 0. The first-order valence-corrected chi connectivity index (χ1v) is 7.63. The average molecular weight is 438 g/mol. The quantitative estimate of drug-likeness (QED) is 0.649. The average Bonchev–Trinajstić information content (AvgIpc) is 2.35. The fourth-order valence-corrected chi connectivity index (χ4v) is 2.88. The number of benzene rings is 2. The zero-order valence-corrected chi connectivity index (χ0v) is 14.1. The molecular weight excluding hydrogens is 426 g/mol. The minimum Gasteiger partial charge on any atom is -0.384 e. The minimum absolute atomic E-state index is 0.660. The summed E-state index contributed by atoms with van der Waals surface area (Å²) in [7, 11) is 0. The van der Waals surface area contributed by atoms with Crippen molar-refractivity contribution in [3.63, 3.8) is 0 Å². The third-order valence-electron chi connectivity index (χ3n) is 2.76. The van der Waals surface area contributed by atoms with Crippen LogP contribution in [-0.4, -0.2) is 5.11 Å². The highest BCUT2D eigenvalue weighted by molar-refractivity contribution is 14.1. The van der Waals surface area contributed by atoms with Crippen LogP contribution in [0.25, 0.3) is 0 Å². The topological polar surface area (TPSA) is 20.2 Å². The van der Waals surface area contributed by atoms with E-state index in [1.54, 1.807) is 0 Å². The van der Waals surface area contributed by atoms with Gasteiger partial charge in [-0.3, -0.25) is 0 Å². The first kappa shape index (κ1) is 14.3. The van der Waals surface area contributed by atoms with Gasteiger partial charge in [0.2, 0.25) is 0 Å². The summed E-state index contributed by atoms with van der Waals surface area (Å²) in [5.41, 5.74) is 2.70. The molecule has 0 aliphatic rings. The molecule has 0 spiro atoms. The SMILES string of the molecule is Cc1ccc(C(O)c2cc(Br)ccc2I)cc1Cl. The monoisotopic (exact) mass is 436 g/mol. The number of hydrogen-bond acceptors (Lipinski definition) is 1. The van der Waals surface area contributed by atoms with Crippen molar-refractivity contribution >= 4 is 50.1 Å². The highest BCUT2D eigenvalue weighted by Crippen LogP contribution is 2.30. The standard InChI is InChI=1S/C14H11BrClIO/c1-8-2-3-9(6-12(8)16)14(18)11-7-10(15)4-5-13(11)17/h2-7,14,18H,1H3. The van der Waals surface area contributed by atoms with Gasteiger partial charge in [0.05, 0.1) is 0 Å². The van der Waals surface area contributed by atoms with Gasteiger partial charge in [-0.15, -0.1) is 0 Å². The molecule has 1 nitrogen and oxygen atoms in total. The van der Waals surface area contributed by atoms with Crippen molar-refractivity contribution in [1.29, 1.82) is 0 Å². The molecular formula is C14H11BrClIO. The Bertz CT molecular complexity index is 586. The molecule has 1 atom stereocenters. The van der Waals surface area contributed by atoms with Crippen LogP contribution in [0.15, 0.2) is 40.9 Å². The molecule has 1 N–H and O–H groups in total. The Hall–Kier alpha value is -0.100. The van der Waals surface area contributed by atoms with Crippen LogP contribution < -0.4 is 0 Å². The van der Waals surface area contributed by atoms with E-state index in [-0.39, 0.29) is 0 Å². The number of aliphatic hydroxyl groups excluding tert-OH is 1. The Kier molecular flexibility index (Phi) is 4.69.